The number of imidazole rings is 1. The Balaban J connectivity index is 2.12. The zero-order chi connectivity index (χ0) is 14.8. The third kappa shape index (κ3) is 3.69. The summed E-state index contributed by atoms with van der Waals surface area (Å²) in [5, 5.41) is 0. The molecule has 0 saturated heterocycles. The van der Waals surface area contributed by atoms with Crippen LogP contribution in [0.15, 0.2) is 38.5 Å². The van der Waals surface area contributed by atoms with E-state index in [1.165, 1.54) is 0 Å². The van der Waals surface area contributed by atoms with Crippen molar-refractivity contribution >= 4 is 41.9 Å². The number of nitrogens with one attached hydrogen (secondary N) is 2. The molecule has 0 bridgehead atoms. The summed E-state index contributed by atoms with van der Waals surface area (Å²) in [7, 11) is -3.54. The lowest BCUT2D eigenvalue weighted by Gasteiger charge is -2.10. The molecule has 1 aromatic heterocycles. The average molecular weight is 423 g/mol. The van der Waals surface area contributed by atoms with E-state index in [9.17, 15) is 8.42 Å². The third-order valence-electron chi connectivity index (χ3n) is 2.74. The smallest absolute Gasteiger partial charge is 0.241 e. The highest BCUT2D eigenvalue weighted by Gasteiger charge is 2.18. The summed E-state index contributed by atoms with van der Waals surface area (Å²) in [6.07, 6.45) is 3.80. The van der Waals surface area contributed by atoms with Crippen molar-refractivity contribution in [2.75, 3.05) is 6.54 Å². The Morgan fingerprint density at radius 1 is 1.30 bits per heavy atom. The van der Waals surface area contributed by atoms with Crippen LogP contribution < -0.4 is 4.72 Å². The van der Waals surface area contributed by atoms with Gasteiger partial charge in [0.15, 0.2) is 0 Å². The van der Waals surface area contributed by atoms with Crippen LogP contribution in [0.25, 0.3) is 0 Å². The number of aromatic amines is 1. The Hall–Kier alpha value is -0.700. The molecule has 0 atom stereocenters. The second kappa shape index (κ2) is 6.38. The van der Waals surface area contributed by atoms with Gasteiger partial charge in [0.2, 0.25) is 10.0 Å². The third-order valence-corrected chi connectivity index (χ3v) is 6.02. The Bertz CT molecular complexity index is 700. The largest absolute Gasteiger partial charge is 0.348 e. The molecule has 20 heavy (non-hydrogen) atoms. The van der Waals surface area contributed by atoms with E-state index < -0.39 is 10.0 Å². The monoisotopic (exact) mass is 421 g/mol. The van der Waals surface area contributed by atoms with Gasteiger partial charge in [0.05, 0.1) is 11.2 Å². The van der Waals surface area contributed by atoms with Crippen molar-refractivity contribution in [1.82, 2.24) is 14.7 Å². The molecule has 0 aliphatic rings. The lowest BCUT2D eigenvalue weighted by Crippen LogP contribution is -2.26. The van der Waals surface area contributed by atoms with Crippen molar-refractivity contribution in [3.05, 3.63) is 44.9 Å². The molecule has 1 aromatic carbocycles. The van der Waals surface area contributed by atoms with Gasteiger partial charge in [0.1, 0.15) is 0 Å². The van der Waals surface area contributed by atoms with Gasteiger partial charge in [0, 0.05) is 33.8 Å². The highest BCUT2D eigenvalue weighted by Crippen LogP contribution is 2.28. The first kappa shape index (κ1) is 15.7. The minimum absolute atomic E-state index is 0.222. The molecule has 0 saturated carbocycles. The normalized spacial score (nSPS) is 11.8. The molecule has 0 fully saturated rings. The zero-order valence-corrected chi connectivity index (χ0v) is 14.6. The number of H-pyrrole nitrogens is 1. The maximum Gasteiger partial charge on any atom is 0.241 e. The van der Waals surface area contributed by atoms with Gasteiger partial charge in [-0.05, 0) is 40.5 Å². The van der Waals surface area contributed by atoms with Crippen molar-refractivity contribution in [3.8, 4) is 0 Å². The second-order valence-electron chi connectivity index (χ2n) is 4.26. The molecule has 0 amide bonds. The molecule has 8 heteroatoms. The predicted octanol–water partition coefficient (Wildman–Crippen LogP) is 2.76. The Morgan fingerprint density at radius 2 is 2.05 bits per heavy atom. The van der Waals surface area contributed by atoms with Crippen LogP contribution in [0.4, 0.5) is 0 Å². The molecule has 0 radical (unpaired) electrons. The van der Waals surface area contributed by atoms with Crippen LogP contribution in [0, 0.1) is 6.92 Å². The molecular formula is C12H13Br2N3O2S. The molecule has 108 valence electrons. The van der Waals surface area contributed by atoms with Crippen molar-refractivity contribution in [1.29, 1.82) is 0 Å². The van der Waals surface area contributed by atoms with E-state index in [0.29, 0.717) is 17.4 Å². The first-order valence-corrected chi connectivity index (χ1v) is 8.89. The molecule has 2 aromatic rings. The van der Waals surface area contributed by atoms with Crippen LogP contribution in [0.5, 0.6) is 0 Å². The Morgan fingerprint density at radius 3 is 2.70 bits per heavy atom. The molecule has 0 aliphatic carbocycles. The quantitative estimate of drug-likeness (QED) is 0.777. The number of sulfonamides is 1. The molecule has 0 unspecified atom stereocenters. The van der Waals surface area contributed by atoms with Gasteiger partial charge in [-0.1, -0.05) is 15.9 Å². The average Bonchev–Trinajstić information content (AvgIpc) is 2.86. The summed E-state index contributed by atoms with van der Waals surface area (Å²) in [4.78, 5) is 7.03. The fourth-order valence-electron chi connectivity index (χ4n) is 1.65. The number of benzene rings is 1. The van der Waals surface area contributed by atoms with E-state index in [0.717, 1.165) is 15.7 Å². The first-order valence-electron chi connectivity index (χ1n) is 5.83. The fourth-order valence-corrected chi connectivity index (χ4v) is 4.36. The standard InChI is InChI=1S/C12H13Br2N3O2S/c1-8-4-11(14)12(5-10(8)13)20(18,19)17-3-2-9-6-15-7-16-9/h4-7,17H,2-3H2,1H3,(H,15,16). The zero-order valence-electron chi connectivity index (χ0n) is 10.7. The first-order chi connectivity index (χ1) is 9.40. The van der Waals surface area contributed by atoms with Gasteiger partial charge >= 0.3 is 0 Å². The number of hydrogen-bond acceptors (Lipinski definition) is 3. The number of aryl methyl sites for hydroxylation is 1. The fraction of sp³-hybridized carbons (Fsp3) is 0.250. The van der Waals surface area contributed by atoms with Crippen molar-refractivity contribution in [3.63, 3.8) is 0 Å². The van der Waals surface area contributed by atoms with E-state index >= 15 is 0 Å². The molecule has 0 aliphatic heterocycles. The summed E-state index contributed by atoms with van der Waals surface area (Å²) >= 11 is 6.64. The lowest BCUT2D eigenvalue weighted by atomic mass is 10.2. The lowest BCUT2D eigenvalue weighted by molar-refractivity contribution is 0.581. The number of aromatic nitrogens is 2. The van der Waals surface area contributed by atoms with Crippen molar-refractivity contribution < 1.29 is 8.42 Å². The highest BCUT2D eigenvalue weighted by molar-refractivity contribution is 9.11. The Labute approximate surface area is 134 Å². The topological polar surface area (TPSA) is 74.8 Å². The van der Waals surface area contributed by atoms with E-state index in [4.69, 9.17) is 0 Å². The highest BCUT2D eigenvalue weighted by atomic mass is 79.9. The van der Waals surface area contributed by atoms with Crippen LogP contribution in [0.1, 0.15) is 11.3 Å². The Kier molecular flexibility index (Phi) is 5.00. The number of nitrogens with zero attached hydrogens (tertiary/aromatic N) is 1. The van der Waals surface area contributed by atoms with E-state index in [-0.39, 0.29) is 4.90 Å². The number of hydrogen-bond donors (Lipinski definition) is 2. The summed E-state index contributed by atoms with van der Waals surface area (Å²) in [5.74, 6) is 0. The maximum absolute atomic E-state index is 12.3. The minimum Gasteiger partial charge on any atom is -0.348 e. The van der Waals surface area contributed by atoms with Gasteiger partial charge in [-0.2, -0.15) is 0 Å². The molecule has 2 N–H and O–H groups in total. The number of rotatable bonds is 5. The summed E-state index contributed by atoms with van der Waals surface area (Å²) < 4.78 is 28.4. The molecule has 1 heterocycles. The van der Waals surface area contributed by atoms with Gasteiger partial charge in [-0.15, -0.1) is 0 Å². The van der Waals surface area contributed by atoms with Gasteiger partial charge < -0.3 is 4.98 Å². The van der Waals surface area contributed by atoms with E-state index in [2.05, 4.69) is 46.5 Å². The van der Waals surface area contributed by atoms with Crippen LogP contribution >= 0.6 is 31.9 Å². The van der Waals surface area contributed by atoms with Crippen LogP contribution in [-0.4, -0.2) is 24.9 Å². The van der Waals surface area contributed by atoms with Crippen LogP contribution in [-0.2, 0) is 16.4 Å². The van der Waals surface area contributed by atoms with E-state index in [1.54, 1.807) is 24.7 Å². The summed E-state index contributed by atoms with van der Waals surface area (Å²) in [5.41, 5.74) is 1.85. The van der Waals surface area contributed by atoms with Crippen LogP contribution in [0.3, 0.4) is 0 Å². The van der Waals surface area contributed by atoms with Crippen molar-refractivity contribution in [2.24, 2.45) is 0 Å². The molecule has 5 nitrogen and oxygen atoms in total. The summed E-state index contributed by atoms with van der Waals surface area (Å²) in [6, 6.07) is 3.37. The maximum atomic E-state index is 12.3. The van der Waals surface area contributed by atoms with Gasteiger partial charge in [-0.25, -0.2) is 18.1 Å². The molecule has 2 rings (SSSR count). The summed E-state index contributed by atoms with van der Waals surface area (Å²) in [6.45, 7) is 2.21. The van der Waals surface area contributed by atoms with Gasteiger partial charge in [0.25, 0.3) is 0 Å². The number of halogens is 2. The van der Waals surface area contributed by atoms with E-state index in [1.807, 2.05) is 6.92 Å². The van der Waals surface area contributed by atoms with Crippen LogP contribution in [0.2, 0.25) is 0 Å². The second-order valence-corrected chi connectivity index (χ2v) is 7.70. The predicted molar refractivity (Wildman–Crippen MR) is 84.1 cm³/mol. The minimum atomic E-state index is -3.54. The van der Waals surface area contributed by atoms with Gasteiger partial charge in [-0.3, -0.25) is 0 Å². The SMILES string of the molecule is Cc1cc(Br)c(S(=O)(=O)NCCc2cnc[nH]2)cc1Br. The molecule has 0 spiro atoms. The van der Waals surface area contributed by atoms with Crippen molar-refractivity contribution in [2.45, 2.75) is 18.2 Å². The molecular weight excluding hydrogens is 410 g/mol.